The van der Waals surface area contributed by atoms with E-state index in [-0.39, 0.29) is 0 Å². The summed E-state index contributed by atoms with van der Waals surface area (Å²) < 4.78 is 11.0. The maximum absolute atomic E-state index is 5.52. The zero-order valence-electron chi connectivity index (χ0n) is 19.8. The molecule has 0 aliphatic carbocycles. The van der Waals surface area contributed by atoms with Gasteiger partial charge in [0.2, 0.25) is 0 Å². The summed E-state index contributed by atoms with van der Waals surface area (Å²) in [7, 11) is 3.41. The fourth-order valence-corrected chi connectivity index (χ4v) is 4.99. The van der Waals surface area contributed by atoms with Gasteiger partial charge < -0.3 is 19.4 Å². The molecule has 0 unspecified atom stereocenters. The molecular weight excluding hydrogens is 432 g/mol. The molecule has 0 saturated heterocycles. The van der Waals surface area contributed by atoms with Crippen LogP contribution in [0.25, 0.3) is 44.3 Å². The molecule has 172 valence electrons. The van der Waals surface area contributed by atoms with Gasteiger partial charge in [0.15, 0.2) is 0 Å². The number of methoxy groups -OCH3 is 2. The summed E-state index contributed by atoms with van der Waals surface area (Å²) in [6.45, 7) is 0. The third-order valence-electron chi connectivity index (χ3n) is 6.70. The van der Waals surface area contributed by atoms with E-state index in [0.29, 0.717) is 0 Å². The maximum Gasteiger partial charge on any atom is 0.119 e. The second-order valence-electron chi connectivity index (χ2n) is 8.69. The van der Waals surface area contributed by atoms with Gasteiger partial charge in [-0.2, -0.15) is 0 Å². The molecule has 0 radical (unpaired) electrons. The van der Waals surface area contributed by atoms with Crippen molar-refractivity contribution in [1.29, 1.82) is 0 Å². The lowest BCUT2D eigenvalue weighted by atomic mass is 9.95. The number of fused-ring (bicyclic) bond motifs is 2. The summed E-state index contributed by atoms with van der Waals surface area (Å²) in [4.78, 5) is 7.37. The molecule has 2 N–H and O–H groups in total. The van der Waals surface area contributed by atoms with Crippen LogP contribution < -0.4 is 9.47 Å². The largest absolute Gasteiger partial charge is 0.497 e. The summed E-state index contributed by atoms with van der Waals surface area (Å²) in [6.07, 6.45) is 0.771. The molecule has 4 nitrogen and oxygen atoms in total. The zero-order chi connectivity index (χ0) is 23.8. The Labute approximate surface area is 204 Å². The second kappa shape index (κ2) is 8.73. The van der Waals surface area contributed by atoms with Crippen molar-refractivity contribution in [2.75, 3.05) is 14.2 Å². The number of H-pyrrole nitrogens is 2. The number of ether oxygens (including phenoxy) is 2. The van der Waals surface area contributed by atoms with E-state index in [1.54, 1.807) is 14.2 Å². The van der Waals surface area contributed by atoms with Crippen molar-refractivity contribution in [3.05, 3.63) is 108 Å². The van der Waals surface area contributed by atoms with Crippen LogP contribution >= 0.6 is 0 Å². The van der Waals surface area contributed by atoms with Crippen LogP contribution in [0.2, 0.25) is 0 Å². The van der Waals surface area contributed by atoms with Gasteiger partial charge in [0, 0.05) is 39.4 Å². The maximum atomic E-state index is 5.52. The van der Waals surface area contributed by atoms with Crippen molar-refractivity contribution in [2.45, 2.75) is 6.42 Å². The smallest absolute Gasteiger partial charge is 0.119 e. The van der Waals surface area contributed by atoms with Gasteiger partial charge in [-0.25, -0.2) is 0 Å². The molecule has 6 aromatic rings. The summed E-state index contributed by atoms with van der Waals surface area (Å²) in [5.74, 6) is 1.69. The molecule has 0 bridgehead atoms. The van der Waals surface area contributed by atoms with E-state index >= 15 is 0 Å². The quantitative estimate of drug-likeness (QED) is 0.270. The summed E-state index contributed by atoms with van der Waals surface area (Å²) in [6, 6.07) is 33.5. The number of benzene rings is 4. The van der Waals surface area contributed by atoms with Gasteiger partial charge in [0.05, 0.1) is 25.6 Å². The Kier molecular flexibility index (Phi) is 5.27. The highest BCUT2D eigenvalue weighted by molar-refractivity contribution is 5.95. The van der Waals surface area contributed by atoms with E-state index < -0.39 is 0 Å². The normalized spacial score (nSPS) is 11.3. The van der Waals surface area contributed by atoms with E-state index in [1.165, 1.54) is 21.9 Å². The molecule has 0 fully saturated rings. The average molecular weight is 459 g/mol. The lowest BCUT2D eigenvalue weighted by molar-refractivity contribution is 0.415. The van der Waals surface area contributed by atoms with Crippen LogP contribution in [0.15, 0.2) is 97.1 Å². The molecule has 0 atom stereocenters. The Morgan fingerprint density at radius 2 is 1.00 bits per heavy atom. The number of rotatable bonds is 6. The van der Waals surface area contributed by atoms with Crippen molar-refractivity contribution < 1.29 is 9.47 Å². The van der Waals surface area contributed by atoms with Gasteiger partial charge in [-0.05, 0) is 47.5 Å². The number of hydrogen-bond donors (Lipinski definition) is 2. The molecule has 0 amide bonds. The van der Waals surface area contributed by atoms with Crippen LogP contribution in [-0.4, -0.2) is 24.2 Å². The first kappa shape index (κ1) is 21.1. The predicted molar refractivity (Wildman–Crippen MR) is 143 cm³/mol. The lowest BCUT2D eigenvalue weighted by Crippen LogP contribution is -1.94. The molecule has 4 aromatic carbocycles. The fraction of sp³-hybridized carbons (Fsp3) is 0.0968. The van der Waals surface area contributed by atoms with Gasteiger partial charge in [0.1, 0.15) is 11.5 Å². The minimum atomic E-state index is 0.771. The summed E-state index contributed by atoms with van der Waals surface area (Å²) in [5.41, 5.74) is 9.24. The summed E-state index contributed by atoms with van der Waals surface area (Å²) >= 11 is 0. The van der Waals surface area contributed by atoms with Crippen molar-refractivity contribution in [3.8, 4) is 34.0 Å². The van der Waals surface area contributed by atoms with Crippen molar-refractivity contribution in [3.63, 3.8) is 0 Å². The minimum Gasteiger partial charge on any atom is -0.497 e. The van der Waals surface area contributed by atoms with Crippen molar-refractivity contribution >= 4 is 21.8 Å². The third-order valence-corrected chi connectivity index (χ3v) is 6.70. The molecule has 0 aliphatic rings. The Balaban J connectivity index is 1.58. The van der Waals surface area contributed by atoms with Crippen LogP contribution in [0.3, 0.4) is 0 Å². The Hall–Kier alpha value is -4.44. The molecule has 35 heavy (non-hydrogen) atoms. The fourth-order valence-electron chi connectivity index (χ4n) is 4.99. The first-order valence-electron chi connectivity index (χ1n) is 11.7. The highest BCUT2D eigenvalue weighted by Gasteiger charge is 2.19. The first-order valence-corrected chi connectivity index (χ1v) is 11.7. The van der Waals surface area contributed by atoms with E-state index in [9.17, 15) is 0 Å². The molecule has 2 aromatic heterocycles. The molecule has 4 heteroatoms. The summed E-state index contributed by atoms with van der Waals surface area (Å²) in [5, 5.41) is 2.46. The van der Waals surface area contributed by atoms with Crippen LogP contribution in [0.1, 0.15) is 11.1 Å². The van der Waals surface area contributed by atoms with Gasteiger partial charge in [-0.1, -0.05) is 60.7 Å². The highest BCUT2D eigenvalue weighted by Crippen LogP contribution is 2.38. The number of aromatic nitrogens is 2. The van der Waals surface area contributed by atoms with Gasteiger partial charge in [-0.3, -0.25) is 0 Å². The van der Waals surface area contributed by atoms with E-state index in [0.717, 1.165) is 51.5 Å². The van der Waals surface area contributed by atoms with E-state index in [2.05, 4.69) is 82.8 Å². The average Bonchev–Trinajstić information content (AvgIpc) is 3.48. The van der Waals surface area contributed by atoms with E-state index in [1.807, 2.05) is 24.3 Å². The van der Waals surface area contributed by atoms with Crippen LogP contribution in [0.4, 0.5) is 0 Å². The number of nitrogens with one attached hydrogen (secondary N) is 2. The molecule has 2 heterocycles. The Morgan fingerprint density at radius 1 is 0.543 bits per heavy atom. The van der Waals surface area contributed by atoms with Gasteiger partial charge in [0.25, 0.3) is 0 Å². The molecule has 6 rings (SSSR count). The number of aromatic amines is 2. The monoisotopic (exact) mass is 458 g/mol. The lowest BCUT2D eigenvalue weighted by Gasteiger charge is -2.10. The Morgan fingerprint density at radius 3 is 1.46 bits per heavy atom. The predicted octanol–water partition coefficient (Wildman–Crippen LogP) is 7.59. The van der Waals surface area contributed by atoms with Crippen LogP contribution in [-0.2, 0) is 6.42 Å². The Bertz CT molecular complexity index is 1530. The van der Waals surface area contributed by atoms with Crippen LogP contribution in [0.5, 0.6) is 11.5 Å². The van der Waals surface area contributed by atoms with Crippen molar-refractivity contribution in [1.82, 2.24) is 9.97 Å². The van der Waals surface area contributed by atoms with Gasteiger partial charge >= 0.3 is 0 Å². The number of hydrogen-bond acceptors (Lipinski definition) is 2. The topological polar surface area (TPSA) is 50.0 Å². The van der Waals surface area contributed by atoms with Crippen LogP contribution in [0, 0.1) is 0 Å². The molecule has 0 saturated carbocycles. The number of para-hydroxylation sites is 2. The standard InChI is InChI=1S/C31H26N2O2/c1-34-22-11-7-9-20(17-22)30-26(24-13-3-5-15-28(24)32-30)19-27-25-14-4-6-16-29(25)33-31(27)21-10-8-12-23(18-21)35-2/h3-18,32-33H,19H2,1-2H3. The first-order chi connectivity index (χ1) is 17.2. The van der Waals surface area contributed by atoms with E-state index in [4.69, 9.17) is 9.47 Å². The molecule has 0 spiro atoms. The van der Waals surface area contributed by atoms with Gasteiger partial charge in [-0.15, -0.1) is 0 Å². The minimum absolute atomic E-state index is 0.771. The second-order valence-corrected chi connectivity index (χ2v) is 8.69. The molecule has 0 aliphatic heterocycles. The zero-order valence-corrected chi connectivity index (χ0v) is 19.8. The third kappa shape index (κ3) is 3.73. The highest BCUT2D eigenvalue weighted by atomic mass is 16.5. The SMILES string of the molecule is COc1cccc(-c2[nH]c3ccccc3c2Cc2c(-c3cccc(OC)c3)[nH]c3ccccc23)c1. The van der Waals surface area contributed by atoms with Crippen molar-refractivity contribution in [2.24, 2.45) is 0 Å². The molecular formula is C31H26N2O2.